The van der Waals surface area contributed by atoms with Crippen LogP contribution in [-0.4, -0.2) is 38.6 Å². The Morgan fingerprint density at radius 2 is 2.00 bits per heavy atom. The summed E-state index contributed by atoms with van der Waals surface area (Å²) in [5.74, 6) is -0.247. The summed E-state index contributed by atoms with van der Waals surface area (Å²) in [6.45, 7) is 1.24. The molecule has 0 radical (unpaired) electrons. The molecule has 164 valence electrons. The van der Waals surface area contributed by atoms with Gasteiger partial charge in [0, 0.05) is 17.5 Å². The third kappa shape index (κ3) is 5.31. The van der Waals surface area contributed by atoms with E-state index in [1.54, 1.807) is 7.05 Å². The second kappa shape index (κ2) is 10.5. The topological polar surface area (TPSA) is 65.5 Å². The lowest BCUT2D eigenvalue weighted by atomic mass is 9.99. The molecule has 2 aromatic rings. The molecule has 30 heavy (non-hydrogen) atoms. The van der Waals surface area contributed by atoms with Crippen LogP contribution < -0.4 is 20.7 Å². The van der Waals surface area contributed by atoms with Gasteiger partial charge in [-0.25, -0.2) is 8.78 Å². The third-order valence-corrected chi connectivity index (χ3v) is 6.83. The van der Waals surface area contributed by atoms with Gasteiger partial charge in [0.25, 0.3) is 0 Å². The Hall–Kier alpha value is -1.71. The van der Waals surface area contributed by atoms with E-state index in [1.807, 2.05) is 31.3 Å². The van der Waals surface area contributed by atoms with Crippen molar-refractivity contribution in [2.45, 2.75) is 35.7 Å². The van der Waals surface area contributed by atoms with Gasteiger partial charge < -0.3 is 20.5 Å². The Bertz CT molecular complexity index is 842. The Morgan fingerprint density at radius 3 is 2.77 bits per heavy atom. The predicted molar refractivity (Wildman–Crippen MR) is 116 cm³/mol. The van der Waals surface area contributed by atoms with E-state index >= 15 is 0 Å². The number of ether oxygens (including phenoxy) is 1. The van der Waals surface area contributed by atoms with E-state index in [0.717, 1.165) is 36.4 Å². The van der Waals surface area contributed by atoms with Crippen molar-refractivity contribution in [3.8, 4) is 5.75 Å². The van der Waals surface area contributed by atoms with Crippen molar-refractivity contribution in [2.75, 3.05) is 27.2 Å². The van der Waals surface area contributed by atoms with E-state index in [4.69, 9.17) is 4.74 Å². The molecule has 3 unspecified atom stereocenters. The van der Waals surface area contributed by atoms with Gasteiger partial charge in [-0.2, -0.15) is 0 Å². The molecule has 3 rings (SSSR count). The number of rotatable bonds is 10. The van der Waals surface area contributed by atoms with Crippen LogP contribution >= 0.6 is 11.8 Å². The number of benzene rings is 2. The van der Waals surface area contributed by atoms with Crippen LogP contribution in [0.4, 0.5) is 8.78 Å². The smallest absolute Gasteiger partial charge is 0.129 e. The van der Waals surface area contributed by atoms with Gasteiger partial charge in [0.15, 0.2) is 0 Å². The summed E-state index contributed by atoms with van der Waals surface area (Å²) >= 11 is 1.41. The molecule has 1 aliphatic heterocycles. The minimum atomic E-state index is -0.758. The molecule has 5 nitrogen and oxygen atoms in total. The molecule has 0 fully saturated rings. The van der Waals surface area contributed by atoms with Crippen LogP contribution in [0.2, 0.25) is 0 Å². The van der Waals surface area contributed by atoms with Gasteiger partial charge in [0.05, 0.1) is 12.0 Å². The van der Waals surface area contributed by atoms with Gasteiger partial charge in [0.2, 0.25) is 0 Å². The molecule has 0 aromatic heterocycles. The Kier molecular flexibility index (Phi) is 8.07. The van der Waals surface area contributed by atoms with Crippen molar-refractivity contribution in [1.82, 2.24) is 16.0 Å². The van der Waals surface area contributed by atoms with Crippen LogP contribution in [0.25, 0.3) is 0 Å². The molecule has 0 spiro atoms. The lowest BCUT2D eigenvalue weighted by Crippen LogP contribution is -2.49. The third-order valence-electron chi connectivity index (χ3n) is 5.16. The highest BCUT2D eigenvalue weighted by atomic mass is 32.2. The van der Waals surface area contributed by atoms with E-state index < -0.39 is 28.1 Å². The number of para-hydroxylation sites is 1. The van der Waals surface area contributed by atoms with Gasteiger partial charge in [-0.05, 0) is 57.7 Å². The summed E-state index contributed by atoms with van der Waals surface area (Å²) in [7, 11) is 3.58. The van der Waals surface area contributed by atoms with Crippen LogP contribution in [0.3, 0.4) is 0 Å². The summed E-state index contributed by atoms with van der Waals surface area (Å²) in [5, 5.41) is 19.7. The molecule has 0 amide bonds. The lowest BCUT2D eigenvalue weighted by Gasteiger charge is -2.42. The predicted octanol–water partition coefficient (Wildman–Crippen LogP) is 3.46. The molecular weight excluding hydrogens is 408 g/mol. The fourth-order valence-corrected chi connectivity index (χ4v) is 5.21. The number of fused-ring (bicyclic) bond motifs is 1. The zero-order valence-electron chi connectivity index (χ0n) is 17.3. The van der Waals surface area contributed by atoms with Crippen LogP contribution in [0, 0.1) is 11.6 Å². The molecular formula is C22H29F2N3O2S. The highest BCUT2D eigenvalue weighted by molar-refractivity contribution is 8.00. The summed E-state index contributed by atoms with van der Waals surface area (Å²) < 4.78 is 34.2. The standard InChI is InChI=1S/C22H29F2N3O2S/c1-25-12-5-8-20(28)27-22(11-13-29-19-7-4-3-6-17(19)22)30-21(26-2)16-14-15(23)9-10-18(16)24/h3-4,6-7,9-10,14,20-21,25-28H,5,8,11-13H2,1-2H3. The van der Waals surface area contributed by atoms with Crippen LogP contribution in [0.1, 0.15) is 35.8 Å². The van der Waals surface area contributed by atoms with Crippen LogP contribution in [0.5, 0.6) is 5.75 Å². The molecule has 4 N–H and O–H groups in total. The van der Waals surface area contributed by atoms with Crippen molar-refractivity contribution < 1.29 is 18.6 Å². The number of hydrogen-bond acceptors (Lipinski definition) is 6. The Morgan fingerprint density at radius 1 is 1.20 bits per heavy atom. The first-order valence-corrected chi connectivity index (χ1v) is 11.0. The fraction of sp³-hybridized carbons (Fsp3) is 0.455. The molecule has 0 aliphatic carbocycles. The van der Waals surface area contributed by atoms with E-state index in [-0.39, 0.29) is 5.56 Å². The van der Waals surface area contributed by atoms with Crippen molar-refractivity contribution >= 4 is 11.8 Å². The van der Waals surface area contributed by atoms with Gasteiger partial charge in [-0.15, -0.1) is 11.8 Å². The lowest BCUT2D eigenvalue weighted by molar-refractivity contribution is 0.0904. The SMILES string of the molecule is CNCCCC(O)NC1(SC(NC)c2cc(F)ccc2F)CCOc2ccccc21. The maximum atomic E-state index is 14.5. The highest BCUT2D eigenvalue weighted by Gasteiger charge is 2.42. The van der Waals surface area contributed by atoms with E-state index in [2.05, 4.69) is 16.0 Å². The normalized spacial score (nSPS) is 20.3. The van der Waals surface area contributed by atoms with Crippen molar-refractivity contribution in [2.24, 2.45) is 0 Å². The molecule has 3 atom stereocenters. The first-order chi connectivity index (χ1) is 14.5. The molecule has 0 bridgehead atoms. The summed E-state index contributed by atoms with van der Waals surface area (Å²) in [6.07, 6.45) is 1.17. The Balaban J connectivity index is 1.95. The maximum absolute atomic E-state index is 14.5. The first kappa shape index (κ1) is 23.0. The van der Waals surface area contributed by atoms with E-state index in [9.17, 15) is 13.9 Å². The number of aliphatic hydroxyl groups is 1. The first-order valence-electron chi connectivity index (χ1n) is 10.1. The Labute approximate surface area is 180 Å². The molecule has 0 saturated heterocycles. The number of hydrogen-bond donors (Lipinski definition) is 4. The average molecular weight is 438 g/mol. The van der Waals surface area contributed by atoms with Gasteiger partial charge in [0.1, 0.15) is 28.5 Å². The van der Waals surface area contributed by atoms with Crippen molar-refractivity contribution in [3.05, 3.63) is 65.2 Å². The number of thioether (sulfide) groups is 1. The molecule has 1 heterocycles. The molecule has 2 aromatic carbocycles. The summed E-state index contributed by atoms with van der Waals surface area (Å²) in [6, 6.07) is 11.1. The summed E-state index contributed by atoms with van der Waals surface area (Å²) in [5.41, 5.74) is 1.11. The molecule has 1 aliphatic rings. The fourth-order valence-electron chi connectivity index (χ4n) is 3.68. The van der Waals surface area contributed by atoms with Crippen LogP contribution in [0.15, 0.2) is 42.5 Å². The second-order valence-electron chi connectivity index (χ2n) is 7.28. The zero-order valence-corrected chi connectivity index (χ0v) is 18.1. The van der Waals surface area contributed by atoms with Crippen molar-refractivity contribution in [1.29, 1.82) is 0 Å². The monoisotopic (exact) mass is 437 g/mol. The minimum Gasteiger partial charge on any atom is -0.493 e. The van der Waals surface area contributed by atoms with E-state index in [1.165, 1.54) is 17.8 Å². The van der Waals surface area contributed by atoms with Gasteiger partial charge >= 0.3 is 0 Å². The highest BCUT2D eigenvalue weighted by Crippen LogP contribution is 2.50. The van der Waals surface area contributed by atoms with Gasteiger partial charge in [-0.1, -0.05) is 18.2 Å². The van der Waals surface area contributed by atoms with E-state index in [0.29, 0.717) is 19.4 Å². The zero-order chi connectivity index (χ0) is 21.6. The minimum absolute atomic E-state index is 0.234. The second-order valence-corrected chi connectivity index (χ2v) is 8.68. The number of halogens is 2. The maximum Gasteiger partial charge on any atom is 0.129 e. The average Bonchev–Trinajstić information content (AvgIpc) is 2.74. The quantitative estimate of drug-likeness (QED) is 0.337. The van der Waals surface area contributed by atoms with Crippen molar-refractivity contribution in [3.63, 3.8) is 0 Å². The number of nitrogens with one attached hydrogen (secondary N) is 3. The number of aliphatic hydroxyl groups excluding tert-OH is 1. The molecule has 8 heteroatoms. The van der Waals surface area contributed by atoms with Crippen LogP contribution in [-0.2, 0) is 4.87 Å². The summed E-state index contributed by atoms with van der Waals surface area (Å²) in [4.78, 5) is -0.736. The molecule has 0 saturated carbocycles. The largest absolute Gasteiger partial charge is 0.493 e. The van der Waals surface area contributed by atoms with Gasteiger partial charge in [-0.3, -0.25) is 5.32 Å².